The molecule has 16 heavy (non-hydrogen) atoms. The summed E-state index contributed by atoms with van der Waals surface area (Å²) in [5.74, 6) is 0.114. The van der Waals surface area contributed by atoms with Crippen LogP contribution < -0.4 is 16.0 Å². The van der Waals surface area contributed by atoms with E-state index in [0.29, 0.717) is 18.5 Å². The van der Waals surface area contributed by atoms with Crippen molar-refractivity contribution in [3.05, 3.63) is 23.8 Å². The number of aryl methyl sites for hydroxylation is 1. The van der Waals surface area contributed by atoms with E-state index in [-0.39, 0.29) is 5.91 Å². The molecule has 2 rings (SSSR count). The van der Waals surface area contributed by atoms with Gasteiger partial charge in [0, 0.05) is 24.8 Å². The molecule has 5 nitrogen and oxygen atoms in total. The summed E-state index contributed by atoms with van der Waals surface area (Å²) in [7, 11) is 1.75. The number of rotatable bonds is 1. The summed E-state index contributed by atoms with van der Waals surface area (Å²) in [6.45, 7) is 0. The van der Waals surface area contributed by atoms with Crippen molar-refractivity contribution in [3.63, 3.8) is 0 Å². The summed E-state index contributed by atoms with van der Waals surface area (Å²) in [6, 6.07) is 4.82. The molecule has 0 aromatic heterocycles. The number of fused-ring (bicyclic) bond motifs is 1. The van der Waals surface area contributed by atoms with Gasteiger partial charge in [-0.15, -0.1) is 0 Å². The van der Waals surface area contributed by atoms with Gasteiger partial charge in [0.1, 0.15) is 0 Å². The van der Waals surface area contributed by atoms with Crippen molar-refractivity contribution < 1.29 is 9.59 Å². The van der Waals surface area contributed by atoms with Crippen molar-refractivity contribution in [2.45, 2.75) is 12.8 Å². The molecule has 0 bridgehead atoms. The van der Waals surface area contributed by atoms with Crippen molar-refractivity contribution in [3.8, 4) is 0 Å². The van der Waals surface area contributed by atoms with Crippen LogP contribution in [-0.4, -0.2) is 19.0 Å². The standard InChI is InChI=1S/C11H13N3O2/c1-14-9-4-3-8(13-11(12)16)6-7(9)2-5-10(14)15/h3-4,6H,2,5H2,1H3,(H3,12,13,16). The molecule has 0 spiro atoms. The highest BCUT2D eigenvalue weighted by Gasteiger charge is 2.20. The van der Waals surface area contributed by atoms with E-state index in [1.54, 1.807) is 18.0 Å². The van der Waals surface area contributed by atoms with E-state index in [1.807, 2.05) is 12.1 Å². The average Bonchev–Trinajstić information content (AvgIpc) is 2.23. The van der Waals surface area contributed by atoms with Crippen molar-refractivity contribution in [1.82, 2.24) is 0 Å². The van der Waals surface area contributed by atoms with Gasteiger partial charge in [-0.2, -0.15) is 0 Å². The van der Waals surface area contributed by atoms with Gasteiger partial charge in [0.25, 0.3) is 0 Å². The summed E-state index contributed by atoms with van der Waals surface area (Å²) in [6.07, 6.45) is 1.20. The molecule has 3 amide bonds. The summed E-state index contributed by atoms with van der Waals surface area (Å²) in [5, 5.41) is 2.52. The zero-order valence-electron chi connectivity index (χ0n) is 8.99. The summed E-state index contributed by atoms with van der Waals surface area (Å²) in [4.78, 5) is 23.8. The maximum absolute atomic E-state index is 11.5. The highest BCUT2D eigenvalue weighted by atomic mass is 16.2. The number of amides is 3. The van der Waals surface area contributed by atoms with Crippen LogP contribution >= 0.6 is 0 Å². The third-order valence-corrected chi connectivity index (χ3v) is 2.69. The minimum Gasteiger partial charge on any atom is -0.351 e. The Hall–Kier alpha value is -2.04. The van der Waals surface area contributed by atoms with Crippen molar-refractivity contribution in [2.24, 2.45) is 5.73 Å². The Labute approximate surface area is 93.2 Å². The number of hydrogen-bond acceptors (Lipinski definition) is 2. The Balaban J connectivity index is 2.33. The minimum absolute atomic E-state index is 0.114. The molecule has 1 heterocycles. The van der Waals surface area contributed by atoms with E-state index >= 15 is 0 Å². The molecule has 0 saturated carbocycles. The lowest BCUT2D eigenvalue weighted by Crippen LogP contribution is -2.31. The highest BCUT2D eigenvalue weighted by molar-refractivity contribution is 5.96. The molecule has 1 aromatic rings. The van der Waals surface area contributed by atoms with Crippen molar-refractivity contribution in [2.75, 3.05) is 17.3 Å². The normalized spacial score (nSPS) is 14.6. The predicted molar refractivity (Wildman–Crippen MR) is 61.4 cm³/mol. The second-order valence-electron chi connectivity index (χ2n) is 3.79. The smallest absolute Gasteiger partial charge is 0.316 e. The maximum Gasteiger partial charge on any atom is 0.316 e. The van der Waals surface area contributed by atoms with Crippen LogP contribution in [0.2, 0.25) is 0 Å². The van der Waals surface area contributed by atoms with Crippen LogP contribution in [0.4, 0.5) is 16.2 Å². The molecule has 0 radical (unpaired) electrons. The number of urea groups is 1. The molecule has 1 aromatic carbocycles. The van der Waals surface area contributed by atoms with Gasteiger partial charge < -0.3 is 16.0 Å². The van der Waals surface area contributed by atoms with E-state index in [4.69, 9.17) is 5.73 Å². The lowest BCUT2D eigenvalue weighted by atomic mass is 10.0. The molecular weight excluding hydrogens is 206 g/mol. The highest BCUT2D eigenvalue weighted by Crippen LogP contribution is 2.28. The third-order valence-electron chi connectivity index (χ3n) is 2.69. The Morgan fingerprint density at radius 1 is 1.44 bits per heavy atom. The van der Waals surface area contributed by atoms with Crippen LogP contribution in [0.25, 0.3) is 0 Å². The fraction of sp³-hybridized carbons (Fsp3) is 0.273. The fourth-order valence-corrected chi connectivity index (χ4v) is 1.88. The van der Waals surface area contributed by atoms with E-state index in [1.165, 1.54) is 0 Å². The first kappa shape index (κ1) is 10.5. The first-order chi connectivity index (χ1) is 7.58. The maximum atomic E-state index is 11.5. The molecule has 3 N–H and O–H groups in total. The molecule has 84 valence electrons. The lowest BCUT2D eigenvalue weighted by molar-refractivity contribution is -0.118. The molecule has 0 saturated heterocycles. The Bertz CT molecular complexity index is 457. The molecule has 0 aliphatic carbocycles. The molecule has 0 unspecified atom stereocenters. The van der Waals surface area contributed by atoms with Crippen LogP contribution in [0.3, 0.4) is 0 Å². The second kappa shape index (κ2) is 3.84. The van der Waals surface area contributed by atoms with Crippen LogP contribution in [-0.2, 0) is 11.2 Å². The van der Waals surface area contributed by atoms with Gasteiger partial charge in [0.05, 0.1) is 0 Å². The molecule has 1 aliphatic heterocycles. The fourth-order valence-electron chi connectivity index (χ4n) is 1.88. The predicted octanol–water partition coefficient (Wildman–Crippen LogP) is 1.09. The van der Waals surface area contributed by atoms with Gasteiger partial charge in [-0.25, -0.2) is 4.79 Å². The van der Waals surface area contributed by atoms with Crippen LogP contribution in [0.15, 0.2) is 18.2 Å². The third kappa shape index (κ3) is 1.84. The monoisotopic (exact) mass is 219 g/mol. The van der Waals surface area contributed by atoms with Gasteiger partial charge in [-0.1, -0.05) is 0 Å². The average molecular weight is 219 g/mol. The SMILES string of the molecule is CN1C(=O)CCc2cc(NC(N)=O)ccc21. The number of hydrogen-bond donors (Lipinski definition) is 2. The van der Waals surface area contributed by atoms with Gasteiger partial charge in [0.15, 0.2) is 0 Å². The Kier molecular flexibility index (Phi) is 2.52. The molecular formula is C11H13N3O2. The molecule has 5 heteroatoms. The first-order valence-corrected chi connectivity index (χ1v) is 5.04. The van der Waals surface area contributed by atoms with E-state index in [0.717, 1.165) is 11.3 Å². The van der Waals surface area contributed by atoms with Crippen LogP contribution in [0.5, 0.6) is 0 Å². The molecule has 0 fully saturated rings. The number of nitrogens with two attached hydrogens (primary N) is 1. The topological polar surface area (TPSA) is 75.4 Å². The van der Waals surface area contributed by atoms with Gasteiger partial charge in [-0.05, 0) is 30.2 Å². The van der Waals surface area contributed by atoms with Gasteiger partial charge >= 0.3 is 6.03 Å². The summed E-state index contributed by atoms with van der Waals surface area (Å²) in [5.41, 5.74) is 7.64. The van der Waals surface area contributed by atoms with Crippen molar-refractivity contribution in [1.29, 1.82) is 0 Å². The number of carbonyl (C=O) groups excluding carboxylic acids is 2. The molecule has 0 atom stereocenters. The van der Waals surface area contributed by atoms with E-state index in [2.05, 4.69) is 5.32 Å². The summed E-state index contributed by atoms with van der Waals surface area (Å²) >= 11 is 0. The minimum atomic E-state index is -0.583. The Morgan fingerprint density at radius 3 is 2.88 bits per heavy atom. The molecule has 1 aliphatic rings. The summed E-state index contributed by atoms with van der Waals surface area (Å²) < 4.78 is 0. The van der Waals surface area contributed by atoms with Crippen LogP contribution in [0, 0.1) is 0 Å². The number of anilines is 2. The number of carbonyl (C=O) groups is 2. The largest absolute Gasteiger partial charge is 0.351 e. The number of benzene rings is 1. The lowest BCUT2D eigenvalue weighted by Gasteiger charge is -2.26. The van der Waals surface area contributed by atoms with Gasteiger partial charge in [-0.3, -0.25) is 4.79 Å². The van der Waals surface area contributed by atoms with Crippen LogP contribution in [0.1, 0.15) is 12.0 Å². The zero-order valence-corrected chi connectivity index (χ0v) is 8.99. The van der Waals surface area contributed by atoms with Crippen molar-refractivity contribution >= 4 is 23.3 Å². The zero-order chi connectivity index (χ0) is 11.7. The van der Waals surface area contributed by atoms with E-state index in [9.17, 15) is 9.59 Å². The second-order valence-corrected chi connectivity index (χ2v) is 3.79. The number of nitrogens with zero attached hydrogens (tertiary/aromatic N) is 1. The number of nitrogens with one attached hydrogen (secondary N) is 1. The first-order valence-electron chi connectivity index (χ1n) is 5.04. The van der Waals surface area contributed by atoms with Gasteiger partial charge in [0.2, 0.25) is 5.91 Å². The number of primary amides is 1. The Morgan fingerprint density at radius 2 is 2.19 bits per heavy atom. The quantitative estimate of drug-likeness (QED) is 0.741. The van der Waals surface area contributed by atoms with E-state index < -0.39 is 6.03 Å².